The van der Waals surface area contributed by atoms with Crippen molar-refractivity contribution in [2.45, 2.75) is 63.8 Å². The zero-order valence-electron chi connectivity index (χ0n) is 24.2. The maximum absolute atomic E-state index is 14.2. The topological polar surface area (TPSA) is 61.6 Å². The number of hydrogen-bond donors (Lipinski definition) is 1. The average Bonchev–Trinajstić information content (AvgIpc) is 3.55. The standard InChI is InChI=1S/C34H43FN4O2/c1-2-39-32(20-30(36-39)18-25-8-4-3-5-9-25)26-12-16-37(17-13-26)21-28-22-38(24-34(33(40)41)14-7-15-34)23-31(28)27-10-6-11-29(35)19-27/h3-6,8-11,19-20,26,28,31H,2,7,12-18,21-24H2,1H3,(H,40,41)/t28-,31+/m0/s1. The minimum Gasteiger partial charge on any atom is -0.481 e. The summed E-state index contributed by atoms with van der Waals surface area (Å²) in [6.07, 6.45) is 5.62. The molecule has 0 radical (unpaired) electrons. The first-order valence-corrected chi connectivity index (χ1v) is 15.5. The molecule has 3 fully saturated rings. The fourth-order valence-electron chi connectivity index (χ4n) is 7.56. The summed E-state index contributed by atoms with van der Waals surface area (Å²) in [5.74, 6) is 0.237. The van der Waals surface area contributed by atoms with E-state index in [-0.39, 0.29) is 11.7 Å². The molecule has 0 unspecified atom stereocenters. The van der Waals surface area contributed by atoms with Gasteiger partial charge in [-0.05, 0) is 80.9 Å². The highest BCUT2D eigenvalue weighted by Crippen LogP contribution is 2.44. The molecule has 1 aliphatic carbocycles. The molecule has 3 heterocycles. The number of nitrogens with zero attached hydrogens (tertiary/aromatic N) is 4. The van der Waals surface area contributed by atoms with Crippen LogP contribution in [0.4, 0.5) is 4.39 Å². The Morgan fingerprint density at radius 3 is 2.46 bits per heavy atom. The lowest BCUT2D eigenvalue weighted by Crippen LogP contribution is -2.47. The van der Waals surface area contributed by atoms with E-state index in [0.29, 0.717) is 18.4 Å². The fourth-order valence-corrected chi connectivity index (χ4v) is 7.56. The van der Waals surface area contributed by atoms with Crippen molar-refractivity contribution in [1.29, 1.82) is 0 Å². The summed E-state index contributed by atoms with van der Waals surface area (Å²) in [5, 5.41) is 14.9. The van der Waals surface area contributed by atoms with Crippen LogP contribution < -0.4 is 0 Å². The van der Waals surface area contributed by atoms with E-state index in [1.807, 2.05) is 12.1 Å². The number of carbonyl (C=O) groups is 1. The molecule has 0 bridgehead atoms. The molecule has 2 saturated heterocycles. The van der Waals surface area contributed by atoms with Crippen molar-refractivity contribution >= 4 is 5.97 Å². The van der Waals surface area contributed by atoms with Gasteiger partial charge in [0.2, 0.25) is 0 Å². The molecule has 3 aromatic rings. The van der Waals surface area contributed by atoms with Crippen LogP contribution in [-0.4, -0.2) is 69.9 Å². The van der Waals surface area contributed by atoms with Crippen molar-refractivity contribution in [3.8, 4) is 0 Å². The molecule has 41 heavy (non-hydrogen) atoms. The lowest BCUT2D eigenvalue weighted by molar-refractivity contribution is -0.156. The number of piperidine rings is 1. The van der Waals surface area contributed by atoms with E-state index < -0.39 is 11.4 Å². The third-order valence-corrected chi connectivity index (χ3v) is 9.97. The number of rotatable bonds is 10. The van der Waals surface area contributed by atoms with Crippen molar-refractivity contribution < 1.29 is 14.3 Å². The Morgan fingerprint density at radius 2 is 1.80 bits per heavy atom. The van der Waals surface area contributed by atoms with E-state index in [4.69, 9.17) is 5.10 Å². The van der Waals surface area contributed by atoms with Gasteiger partial charge in [-0.2, -0.15) is 5.10 Å². The minimum atomic E-state index is -0.658. The monoisotopic (exact) mass is 558 g/mol. The molecule has 1 aromatic heterocycles. The Bertz CT molecular complexity index is 1330. The first-order valence-electron chi connectivity index (χ1n) is 15.5. The molecule has 6 nitrogen and oxygen atoms in total. The van der Waals surface area contributed by atoms with Crippen LogP contribution in [0.1, 0.15) is 73.4 Å². The number of carboxylic acid groups (broad SMARTS) is 1. The van der Waals surface area contributed by atoms with Gasteiger partial charge >= 0.3 is 5.97 Å². The van der Waals surface area contributed by atoms with Crippen molar-refractivity contribution in [1.82, 2.24) is 19.6 Å². The second-order valence-electron chi connectivity index (χ2n) is 12.7. The van der Waals surface area contributed by atoms with Gasteiger partial charge in [0.25, 0.3) is 0 Å². The quantitative estimate of drug-likeness (QED) is 0.342. The summed E-state index contributed by atoms with van der Waals surface area (Å²) in [7, 11) is 0. The molecule has 218 valence electrons. The lowest BCUT2D eigenvalue weighted by atomic mass is 9.68. The third kappa shape index (κ3) is 6.12. The van der Waals surface area contributed by atoms with Crippen LogP contribution in [-0.2, 0) is 17.8 Å². The fraction of sp³-hybridized carbons (Fsp3) is 0.529. The van der Waals surface area contributed by atoms with Crippen LogP contribution in [0.5, 0.6) is 0 Å². The summed E-state index contributed by atoms with van der Waals surface area (Å²) < 4.78 is 16.4. The second kappa shape index (κ2) is 12.1. The van der Waals surface area contributed by atoms with Crippen LogP contribution in [0.2, 0.25) is 0 Å². The maximum Gasteiger partial charge on any atom is 0.310 e. The van der Waals surface area contributed by atoms with E-state index >= 15 is 0 Å². The zero-order chi connectivity index (χ0) is 28.4. The summed E-state index contributed by atoms with van der Waals surface area (Å²) in [6, 6.07) is 19.9. The van der Waals surface area contributed by atoms with Gasteiger partial charge in [-0.25, -0.2) is 4.39 Å². The molecule has 1 saturated carbocycles. The van der Waals surface area contributed by atoms with E-state index in [1.165, 1.54) is 17.3 Å². The number of aliphatic carboxylic acids is 1. The van der Waals surface area contributed by atoms with Crippen molar-refractivity contribution in [3.05, 3.63) is 89.0 Å². The molecule has 2 atom stereocenters. The molecule has 3 aliphatic rings. The Morgan fingerprint density at radius 1 is 1.02 bits per heavy atom. The molecule has 2 aliphatic heterocycles. The summed E-state index contributed by atoms with van der Waals surface area (Å²) in [6.45, 7) is 8.40. The number of benzene rings is 2. The molecule has 0 spiro atoms. The van der Waals surface area contributed by atoms with Gasteiger partial charge in [-0.3, -0.25) is 9.48 Å². The molecular formula is C34H43FN4O2. The van der Waals surface area contributed by atoms with Crippen LogP contribution in [0.15, 0.2) is 60.7 Å². The summed E-state index contributed by atoms with van der Waals surface area (Å²) >= 11 is 0. The van der Waals surface area contributed by atoms with Crippen molar-refractivity contribution in [3.63, 3.8) is 0 Å². The largest absolute Gasteiger partial charge is 0.481 e. The first kappa shape index (κ1) is 28.1. The van der Waals surface area contributed by atoms with Crippen LogP contribution in [0, 0.1) is 17.2 Å². The lowest BCUT2D eigenvalue weighted by Gasteiger charge is -2.40. The number of likely N-dealkylation sites (tertiary alicyclic amines) is 2. The van der Waals surface area contributed by atoms with Gasteiger partial charge in [-0.15, -0.1) is 0 Å². The van der Waals surface area contributed by atoms with Gasteiger partial charge in [0.1, 0.15) is 5.82 Å². The predicted octanol–water partition coefficient (Wildman–Crippen LogP) is 5.78. The number of aromatic nitrogens is 2. The van der Waals surface area contributed by atoms with E-state index in [1.54, 1.807) is 6.07 Å². The van der Waals surface area contributed by atoms with Gasteiger partial charge < -0.3 is 14.9 Å². The minimum absolute atomic E-state index is 0.194. The van der Waals surface area contributed by atoms with Crippen LogP contribution in [0.25, 0.3) is 0 Å². The zero-order valence-corrected chi connectivity index (χ0v) is 24.2. The number of halogens is 1. The maximum atomic E-state index is 14.2. The van der Waals surface area contributed by atoms with Gasteiger partial charge in [0.05, 0.1) is 11.1 Å². The highest BCUT2D eigenvalue weighted by atomic mass is 19.1. The third-order valence-electron chi connectivity index (χ3n) is 9.97. The highest BCUT2D eigenvalue weighted by molar-refractivity contribution is 5.76. The van der Waals surface area contributed by atoms with Gasteiger partial charge in [0.15, 0.2) is 0 Å². The van der Waals surface area contributed by atoms with E-state index in [0.717, 1.165) is 89.1 Å². The van der Waals surface area contributed by atoms with E-state index in [2.05, 4.69) is 57.8 Å². The molecule has 7 heteroatoms. The number of aryl methyl sites for hydroxylation is 1. The Kier molecular flexibility index (Phi) is 8.27. The smallest absolute Gasteiger partial charge is 0.310 e. The SMILES string of the molecule is CCn1nc(Cc2ccccc2)cc1C1CCN(C[C@H]2CN(CC3(C(=O)O)CCC3)C[C@@H]2c2cccc(F)c2)CC1. The number of hydrogen-bond acceptors (Lipinski definition) is 4. The van der Waals surface area contributed by atoms with E-state index in [9.17, 15) is 14.3 Å². The summed E-state index contributed by atoms with van der Waals surface area (Å²) in [4.78, 5) is 17.0. The van der Waals surface area contributed by atoms with Gasteiger partial charge in [0, 0.05) is 56.7 Å². The normalized spacial score (nSPS) is 23.5. The molecule has 0 amide bonds. The van der Waals surface area contributed by atoms with Crippen molar-refractivity contribution in [2.75, 3.05) is 39.3 Å². The first-order chi connectivity index (χ1) is 19.9. The van der Waals surface area contributed by atoms with Crippen LogP contribution in [0.3, 0.4) is 0 Å². The molecule has 2 aromatic carbocycles. The molecular weight excluding hydrogens is 515 g/mol. The average molecular weight is 559 g/mol. The van der Waals surface area contributed by atoms with Gasteiger partial charge in [-0.1, -0.05) is 48.9 Å². The number of carboxylic acids is 1. The highest BCUT2D eigenvalue weighted by Gasteiger charge is 2.47. The second-order valence-corrected chi connectivity index (χ2v) is 12.7. The molecule has 6 rings (SSSR count). The Hall–Kier alpha value is -3.03. The van der Waals surface area contributed by atoms with Crippen LogP contribution >= 0.6 is 0 Å². The summed E-state index contributed by atoms with van der Waals surface area (Å²) in [5.41, 5.74) is 4.25. The Balaban J connectivity index is 1.11. The predicted molar refractivity (Wildman–Crippen MR) is 159 cm³/mol. The Labute approximate surface area is 243 Å². The van der Waals surface area contributed by atoms with Crippen molar-refractivity contribution in [2.24, 2.45) is 11.3 Å². The molecule has 1 N–H and O–H groups in total.